The number of hydrogen-bond donors (Lipinski definition) is 1. The Morgan fingerprint density at radius 1 is 0.867 bits per heavy atom. The van der Waals surface area contributed by atoms with Crippen LogP contribution in [0.4, 0.5) is 0 Å². The Hall–Kier alpha value is -3.44. The van der Waals surface area contributed by atoms with Crippen LogP contribution in [0.25, 0.3) is 10.8 Å². The molecule has 150 valence electrons. The van der Waals surface area contributed by atoms with Gasteiger partial charge in [0.2, 0.25) is 0 Å². The van der Waals surface area contributed by atoms with Crippen LogP contribution in [0, 0.1) is 0 Å². The lowest BCUT2D eigenvalue weighted by Gasteiger charge is -2.18. The molecule has 5 heteroatoms. The first-order chi connectivity index (χ1) is 14.7. The van der Waals surface area contributed by atoms with Gasteiger partial charge in [0, 0.05) is 4.88 Å². The van der Waals surface area contributed by atoms with Crippen molar-refractivity contribution in [3.63, 3.8) is 0 Å². The molecule has 0 aliphatic carbocycles. The number of ether oxygens (including phenoxy) is 1. The van der Waals surface area contributed by atoms with Crippen molar-refractivity contribution in [2.45, 2.75) is 12.5 Å². The summed E-state index contributed by atoms with van der Waals surface area (Å²) in [4.78, 5) is 25.9. The number of carbonyl (C=O) groups excluding carboxylic acids is 2. The fraction of sp³-hybridized carbons (Fsp3) is 0.120. The molecule has 4 rings (SSSR count). The summed E-state index contributed by atoms with van der Waals surface area (Å²) in [7, 11) is 0. The molecular formula is C25H21NO3S. The highest BCUT2D eigenvalue weighted by atomic mass is 32.1. The van der Waals surface area contributed by atoms with Gasteiger partial charge in [-0.1, -0.05) is 78.9 Å². The Morgan fingerprint density at radius 3 is 2.43 bits per heavy atom. The topological polar surface area (TPSA) is 55.4 Å². The number of amides is 1. The van der Waals surface area contributed by atoms with Gasteiger partial charge in [0.05, 0.1) is 12.5 Å². The Morgan fingerprint density at radius 2 is 1.63 bits per heavy atom. The molecule has 0 spiro atoms. The van der Waals surface area contributed by atoms with Crippen LogP contribution in [0.1, 0.15) is 22.0 Å². The smallest absolute Gasteiger partial charge is 0.310 e. The first-order valence-corrected chi connectivity index (χ1v) is 10.6. The summed E-state index contributed by atoms with van der Waals surface area (Å²) >= 11 is 1.57. The van der Waals surface area contributed by atoms with Crippen LogP contribution in [0.3, 0.4) is 0 Å². The van der Waals surface area contributed by atoms with E-state index in [1.807, 2.05) is 90.3 Å². The standard InChI is InChI=1S/C25H21NO3S/c27-23(26-25(22-14-7-15-30-22)19-9-2-1-3-10-19)17-29-24(28)16-20-12-6-11-18-8-4-5-13-21(18)20/h1-15,25H,16-17H2,(H,26,27)/t25-/m1/s1. The lowest BCUT2D eigenvalue weighted by Crippen LogP contribution is -2.32. The third-order valence-electron chi connectivity index (χ3n) is 4.84. The van der Waals surface area contributed by atoms with Crippen molar-refractivity contribution in [1.29, 1.82) is 0 Å². The summed E-state index contributed by atoms with van der Waals surface area (Å²) in [5.41, 5.74) is 1.87. The van der Waals surface area contributed by atoms with Crippen molar-refractivity contribution < 1.29 is 14.3 Å². The fourth-order valence-electron chi connectivity index (χ4n) is 3.42. The molecule has 3 aromatic carbocycles. The molecule has 1 aromatic heterocycles. The predicted molar refractivity (Wildman–Crippen MR) is 119 cm³/mol. The number of nitrogens with one attached hydrogen (secondary N) is 1. The molecule has 0 unspecified atom stereocenters. The van der Waals surface area contributed by atoms with Gasteiger partial charge in [0.15, 0.2) is 6.61 Å². The lowest BCUT2D eigenvalue weighted by atomic mass is 10.0. The Bertz CT molecular complexity index is 1130. The van der Waals surface area contributed by atoms with E-state index in [2.05, 4.69) is 5.32 Å². The molecule has 0 saturated heterocycles. The average molecular weight is 416 g/mol. The minimum absolute atomic E-state index is 0.127. The first kappa shape index (κ1) is 19.9. The normalized spacial score (nSPS) is 11.7. The molecule has 4 nitrogen and oxygen atoms in total. The number of esters is 1. The van der Waals surface area contributed by atoms with Gasteiger partial charge in [-0.05, 0) is 33.3 Å². The highest BCUT2D eigenvalue weighted by Crippen LogP contribution is 2.26. The average Bonchev–Trinajstić information content (AvgIpc) is 3.31. The zero-order valence-corrected chi connectivity index (χ0v) is 17.1. The maximum absolute atomic E-state index is 12.5. The summed E-state index contributed by atoms with van der Waals surface area (Å²) in [5.74, 6) is -0.752. The lowest BCUT2D eigenvalue weighted by molar-refractivity contribution is -0.148. The quantitative estimate of drug-likeness (QED) is 0.437. The Kier molecular flexibility index (Phi) is 6.20. The first-order valence-electron chi connectivity index (χ1n) is 9.70. The van der Waals surface area contributed by atoms with Gasteiger partial charge in [-0.3, -0.25) is 9.59 Å². The van der Waals surface area contributed by atoms with E-state index in [1.165, 1.54) is 0 Å². The van der Waals surface area contributed by atoms with E-state index in [9.17, 15) is 9.59 Å². The van der Waals surface area contributed by atoms with Crippen LogP contribution in [-0.4, -0.2) is 18.5 Å². The number of rotatable bonds is 7. The molecule has 0 saturated carbocycles. The van der Waals surface area contributed by atoms with Crippen LogP contribution in [0.15, 0.2) is 90.3 Å². The molecule has 0 aliphatic heterocycles. The SMILES string of the molecule is O=C(COC(=O)Cc1cccc2ccccc12)N[C@H](c1ccccc1)c1cccs1. The summed E-state index contributed by atoms with van der Waals surface area (Å²) in [6.07, 6.45) is 0.127. The van der Waals surface area contributed by atoms with Crippen molar-refractivity contribution in [2.24, 2.45) is 0 Å². The molecule has 0 aliphatic rings. The van der Waals surface area contributed by atoms with Gasteiger partial charge in [-0.2, -0.15) is 0 Å². The monoisotopic (exact) mass is 415 g/mol. The van der Waals surface area contributed by atoms with Crippen molar-refractivity contribution in [1.82, 2.24) is 5.32 Å². The molecule has 1 amide bonds. The zero-order chi connectivity index (χ0) is 20.8. The largest absolute Gasteiger partial charge is 0.455 e. The number of hydrogen-bond acceptors (Lipinski definition) is 4. The Labute approximate surface area is 179 Å². The summed E-state index contributed by atoms with van der Waals surface area (Å²) in [6, 6.07) is 27.1. The fourth-order valence-corrected chi connectivity index (χ4v) is 4.22. The Balaban J connectivity index is 1.38. The molecule has 4 aromatic rings. The summed E-state index contributed by atoms with van der Waals surface area (Å²) < 4.78 is 5.26. The number of benzene rings is 3. The van der Waals surface area contributed by atoms with Crippen LogP contribution in [-0.2, 0) is 20.7 Å². The van der Waals surface area contributed by atoms with Crippen LogP contribution in [0.2, 0.25) is 0 Å². The van der Waals surface area contributed by atoms with E-state index in [1.54, 1.807) is 11.3 Å². The van der Waals surface area contributed by atoms with Crippen molar-refractivity contribution in [3.05, 3.63) is 106 Å². The molecule has 30 heavy (non-hydrogen) atoms. The van der Waals surface area contributed by atoms with Gasteiger partial charge in [-0.25, -0.2) is 0 Å². The minimum Gasteiger partial charge on any atom is -0.455 e. The summed E-state index contributed by atoms with van der Waals surface area (Å²) in [6.45, 7) is -0.307. The molecule has 0 fully saturated rings. The van der Waals surface area contributed by atoms with E-state index >= 15 is 0 Å². The third-order valence-corrected chi connectivity index (χ3v) is 5.78. The maximum Gasteiger partial charge on any atom is 0.310 e. The zero-order valence-electron chi connectivity index (χ0n) is 16.3. The number of thiophene rings is 1. The molecule has 1 N–H and O–H groups in total. The highest BCUT2D eigenvalue weighted by molar-refractivity contribution is 7.10. The van der Waals surface area contributed by atoms with Gasteiger partial charge >= 0.3 is 5.97 Å². The van der Waals surface area contributed by atoms with E-state index in [-0.39, 0.29) is 25.0 Å². The maximum atomic E-state index is 12.5. The second kappa shape index (κ2) is 9.37. The molecule has 0 radical (unpaired) electrons. The minimum atomic E-state index is -0.422. The van der Waals surface area contributed by atoms with Gasteiger partial charge in [0.1, 0.15) is 0 Å². The van der Waals surface area contributed by atoms with Crippen LogP contribution < -0.4 is 5.32 Å². The van der Waals surface area contributed by atoms with Crippen molar-refractivity contribution in [3.8, 4) is 0 Å². The highest BCUT2D eigenvalue weighted by Gasteiger charge is 2.19. The number of fused-ring (bicyclic) bond motifs is 1. The molecule has 0 bridgehead atoms. The van der Waals surface area contributed by atoms with Crippen molar-refractivity contribution in [2.75, 3.05) is 6.61 Å². The number of carbonyl (C=O) groups is 2. The van der Waals surface area contributed by atoms with Crippen LogP contribution in [0.5, 0.6) is 0 Å². The molecule has 1 heterocycles. The molecular weight excluding hydrogens is 394 g/mol. The van der Waals surface area contributed by atoms with Gasteiger partial charge in [0.25, 0.3) is 5.91 Å². The van der Waals surface area contributed by atoms with Crippen LogP contribution >= 0.6 is 11.3 Å². The van der Waals surface area contributed by atoms with E-state index in [0.717, 1.165) is 26.8 Å². The second-order valence-corrected chi connectivity index (χ2v) is 7.88. The van der Waals surface area contributed by atoms with E-state index in [0.29, 0.717) is 0 Å². The predicted octanol–water partition coefficient (Wildman–Crippen LogP) is 4.89. The van der Waals surface area contributed by atoms with Gasteiger partial charge in [-0.15, -0.1) is 11.3 Å². The molecule has 1 atom stereocenters. The van der Waals surface area contributed by atoms with Gasteiger partial charge < -0.3 is 10.1 Å². The van der Waals surface area contributed by atoms with E-state index < -0.39 is 5.97 Å². The third kappa shape index (κ3) is 4.75. The van der Waals surface area contributed by atoms with E-state index in [4.69, 9.17) is 4.74 Å². The second-order valence-electron chi connectivity index (χ2n) is 6.90. The summed E-state index contributed by atoms with van der Waals surface area (Å²) in [5, 5.41) is 7.04. The van der Waals surface area contributed by atoms with Crippen molar-refractivity contribution >= 4 is 34.0 Å².